The fourth-order valence-electron chi connectivity index (χ4n) is 0.796. The van der Waals surface area contributed by atoms with E-state index < -0.39 is 40.5 Å². The normalized spacial score (nSPS) is 12.2. The summed E-state index contributed by atoms with van der Waals surface area (Å²) >= 11 is 0. The second-order valence-electron chi connectivity index (χ2n) is 2.78. The molecule has 0 bridgehead atoms. The van der Waals surface area contributed by atoms with E-state index in [0.29, 0.717) is 0 Å². The van der Waals surface area contributed by atoms with E-state index in [2.05, 4.69) is 9.47 Å². The van der Waals surface area contributed by atoms with Crippen molar-refractivity contribution in [1.82, 2.24) is 0 Å². The summed E-state index contributed by atoms with van der Waals surface area (Å²) in [6.07, 6.45) is -1.19. The van der Waals surface area contributed by atoms with Crippen LogP contribution in [0.15, 0.2) is 0 Å². The number of carbonyl (C=O) groups excluding carboxylic acids is 2. The molecule has 0 aliphatic heterocycles. The van der Waals surface area contributed by atoms with Crippen LogP contribution >= 0.6 is 0 Å². The van der Waals surface area contributed by atoms with E-state index in [4.69, 9.17) is 4.55 Å². The molecule has 7 nitrogen and oxygen atoms in total. The predicted molar refractivity (Wildman–Crippen MR) is 49.7 cm³/mol. The zero-order valence-corrected chi connectivity index (χ0v) is 12.1. The van der Waals surface area contributed by atoms with Crippen molar-refractivity contribution in [2.24, 2.45) is 0 Å². The molecule has 1 atom stereocenters. The maximum Gasteiger partial charge on any atom is 1.00 e. The summed E-state index contributed by atoms with van der Waals surface area (Å²) in [5, 5.41) is 0. The molecular weight excluding hydrogens is 251 g/mol. The van der Waals surface area contributed by atoms with E-state index in [9.17, 15) is 18.0 Å². The van der Waals surface area contributed by atoms with Crippen LogP contribution in [0.25, 0.3) is 0 Å². The van der Waals surface area contributed by atoms with Crippen molar-refractivity contribution in [3.8, 4) is 0 Å². The van der Waals surface area contributed by atoms with Crippen molar-refractivity contribution in [3.63, 3.8) is 0 Å². The third-order valence-electron chi connectivity index (χ3n) is 1.20. The van der Waals surface area contributed by atoms with E-state index in [1.165, 1.54) is 0 Å². The van der Waals surface area contributed by atoms with Gasteiger partial charge in [0.05, 0.1) is 0 Å². The van der Waals surface area contributed by atoms with Crippen molar-refractivity contribution >= 4 is 22.1 Å². The molecule has 16 heavy (non-hydrogen) atoms. The zero-order chi connectivity index (χ0) is 12.1. The summed E-state index contributed by atoms with van der Waals surface area (Å²) in [6.45, 7) is 1.79. The van der Waals surface area contributed by atoms with E-state index in [-0.39, 0.29) is 31.0 Å². The Hall–Kier alpha value is -0.150. The monoisotopic (exact) mass is 264 g/mol. The van der Waals surface area contributed by atoms with Crippen LogP contribution in [0, 0.1) is 0 Å². The molecule has 0 saturated carbocycles. The van der Waals surface area contributed by atoms with Gasteiger partial charge >= 0.3 is 41.5 Å². The van der Waals surface area contributed by atoms with Gasteiger partial charge in [-0.15, -0.1) is 0 Å². The standard InChI is InChI=1S/C7H12O7S.Na.H/c1-5(8)13-3-7(14-6(2)9)4-15(10,11)12;;/h7H,3-4H2,1-2H3,(H,10,11,12);;/q;+1;-1. The molecule has 1 N–H and O–H groups in total. The van der Waals surface area contributed by atoms with Gasteiger partial charge in [-0.05, 0) is 0 Å². The fourth-order valence-corrected chi connectivity index (χ4v) is 1.43. The minimum absolute atomic E-state index is 0. The molecule has 0 aromatic carbocycles. The van der Waals surface area contributed by atoms with E-state index in [0.717, 1.165) is 13.8 Å². The van der Waals surface area contributed by atoms with Gasteiger partial charge in [0.15, 0.2) is 6.10 Å². The molecule has 9 heteroatoms. The number of rotatable bonds is 5. The van der Waals surface area contributed by atoms with Crippen LogP contribution in [0.4, 0.5) is 0 Å². The maximum absolute atomic E-state index is 10.5. The van der Waals surface area contributed by atoms with Crippen molar-refractivity contribution in [1.29, 1.82) is 0 Å². The Balaban J connectivity index is -0.000000980. The van der Waals surface area contributed by atoms with Gasteiger partial charge in [-0.25, -0.2) is 0 Å². The first-order chi connectivity index (χ1) is 6.70. The second kappa shape index (κ2) is 8.02. The summed E-state index contributed by atoms with van der Waals surface area (Å²) in [7, 11) is -4.29. The summed E-state index contributed by atoms with van der Waals surface area (Å²) in [5.74, 6) is -2.17. The Morgan fingerprint density at radius 2 is 1.81 bits per heavy atom. The Labute approximate surface area is 117 Å². The first-order valence-corrected chi connectivity index (χ1v) is 5.57. The molecule has 0 aliphatic carbocycles. The molecule has 0 radical (unpaired) electrons. The van der Waals surface area contributed by atoms with Crippen LogP contribution in [0.2, 0.25) is 0 Å². The summed E-state index contributed by atoms with van der Waals surface area (Å²) in [5.41, 5.74) is 0. The summed E-state index contributed by atoms with van der Waals surface area (Å²) in [4.78, 5) is 21.0. The zero-order valence-electron chi connectivity index (χ0n) is 10.3. The molecule has 0 aromatic heterocycles. The van der Waals surface area contributed by atoms with Crippen LogP contribution in [0.5, 0.6) is 0 Å². The molecule has 0 spiro atoms. The van der Waals surface area contributed by atoms with Crippen molar-refractivity contribution in [2.75, 3.05) is 12.4 Å². The Morgan fingerprint density at radius 3 is 2.12 bits per heavy atom. The van der Waals surface area contributed by atoms with E-state index in [1.807, 2.05) is 0 Å². The third-order valence-corrected chi connectivity index (χ3v) is 1.99. The van der Waals surface area contributed by atoms with Gasteiger partial charge in [0, 0.05) is 13.8 Å². The largest absolute Gasteiger partial charge is 1.00 e. The molecule has 0 fully saturated rings. The van der Waals surface area contributed by atoms with Gasteiger partial charge in [-0.3, -0.25) is 14.1 Å². The quantitative estimate of drug-likeness (QED) is 0.311. The van der Waals surface area contributed by atoms with Gasteiger partial charge in [0.1, 0.15) is 12.4 Å². The van der Waals surface area contributed by atoms with Gasteiger partial charge in [-0.2, -0.15) is 8.42 Å². The van der Waals surface area contributed by atoms with Crippen LogP contribution in [-0.2, 0) is 29.2 Å². The predicted octanol–water partition coefficient (Wildman–Crippen LogP) is -3.51. The van der Waals surface area contributed by atoms with Crippen LogP contribution < -0.4 is 29.6 Å². The Kier molecular flexibility index (Phi) is 9.13. The van der Waals surface area contributed by atoms with Gasteiger partial charge in [-0.1, -0.05) is 0 Å². The molecule has 0 heterocycles. The Bertz CT molecular complexity index is 342. The van der Waals surface area contributed by atoms with Crippen molar-refractivity contribution in [3.05, 3.63) is 0 Å². The average molecular weight is 264 g/mol. The third kappa shape index (κ3) is 11.9. The summed E-state index contributed by atoms with van der Waals surface area (Å²) < 4.78 is 38.5. The molecular formula is C7H13NaO7S. The minimum atomic E-state index is -4.29. The van der Waals surface area contributed by atoms with Crippen molar-refractivity contribution in [2.45, 2.75) is 20.0 Å². The first-order valence-electron chi connectivity index (χ1n) is 3.96. The first kappa shape index (κ1) is 18.2. The minimum Gasteiger partial charge on any atom is -1.00 e. The van der Waals surface area contributed by atoms with Crippen molar-refractivity contribution < 1.29 is 63.0 Å². The topological polar surface area (TPSA) is 107 Å². The number of esters is 2. The number of ether oxygens (including phenoxy) is 2. The summed E-state index contributed by atoms with van der Waals surface area (Å²) in [6, 6.07) is 0. The molecule has 0 amide bonds. The second-order valence-corrected chi connectivity index (χ2v) is 4.28. The van der Waals surface area contributed by atoms with Crippen LogP contribution in [-0.4, -0.2) is 43.4 Å². The van der Waals surface area contributed by atoms with Gasteiger partial charge in [0.25, 0.3) is 10.1 Å². The van der Waals surface area contributed by atoms with E-state index in [1.54, 1.807) is 0 Å². The molecule has 90 valence electrons. The Morgan fingerprint density at radius 1 is 1.31 bits per heavy atom. The number of carbonyl (C=O) groups is 2. The number of hydrogen-bond donors (Lipinski definition) is 1. The van der Waals surface area contributed by atoms with Gasteiger partial charge in [0.2, 0.25) is 0 Å². The van der Waals surface area contributed by atoms with Gasteiger partial charge < -0.3 is 10.9 Å². The maximum atomic E-state index is 10.5. The number of hydrogen-bond acceptors (Lipinski definition) is 6. The average Bonchev–Trinajstić information content (AvgIpc) is 1.95. The smallest absolute Gasteiger partial charge is 1.00 e. The molecule has 0 aromatic rings. The molecule has 0 saturated heterocycles. The van der Waals surface area contributed by atoms with Crippen LogP contribution in [0.1, 0.15) is 15.3 Å². The van der Waals surface area contributed by atoms with Crippen LogP contribution in [0.3, 0.4) is 0 Å². The molecule has 0 aliphatic rings. The SMILES string of the molecule is CC(=O)OCC(CS(=O)(=O)O)OC(C)=O.[H-].[Na+]. The van der Waals surface area contributed by atoms with E-state index >= 15 is 0 Å². The fraction of sp³-hybridized carbons (Fsp3) is 0.714. The molecule has 0 rings (SSSR count). The molecule has 1 unspecified atom stereocenters.